The highest BCUT2D eigenvalue weighted by atomic mass is 35.5. The largest absolute Gasteiger partial charge is 0.495 e. The Balaban J connectivity index is 1.76. The van der Waals surface area contributed by atoms with Gasteiger partial charge in [0, 0.05) is 19.3 Å². The van der Waals surface area contributed by atoms with E-state index < -0.39 is 11.7 Å². The lowest BCUT2D eigenvalue weighted by Gasteiger charge is -2.10. The number of nitrogens with one attached hydrogen (secondary N) is 2. The summed E-state index contributed by atoms with van der Waals surface area (Å²) >= 11 is 7.15. The minimum Gasteiger partial charge on any atom is -0.495 e. The number of carbonyl (C=O) groups is 1. The second kappa shape index (κ2) is 7.08. The molecule has 1 amide bonds. The summed E-state index contributed by atoms with van der Waals surface area (Å²) in [5.41, 5.74) is -0.140. The molecule has 0 radical (unpaired) electrons. The van der Waals surface area contributed by atoms with Crippen LogP contribution in [0.4, 0.5) is 21.0 Å². The summed E-state index contributed by atoms with van der Waals surface area (Å²) in [5.74, 6) is -0.318. The van der Waals surface area contributed by atoms with E-state index >= 15 is 0 Å². The number of rotatable bonds is 5. The lowest BCUT2D eigenvalue weighted by atomic mass is 10.2. The molecule has 10 heteroatoms. The number of nitrogens with zero attached hydrogens (tertiary/aromatic N) is 3. The van der Waals surface area contributed by atoms with Crippen LogP contribution in [0.3, 0.4) is 0 Å². The molecule has 0 bridgehead atoms. The third-order valence-corrected chi connectivity index (χ3v) is 4.48. The Morgan fingerprint density at radius 1 is 1.40 bits per heavy atom. The van der Waals surface area contributed by atoms with E-state index in [9.17, 15) is 9.18 Å². The molecule has 1 aromatic carbocycles. The van der Waals surface area contributed by atoms with Crippen molar-refractivity contribution in [3.8, 4) is 5.75 Å². The normalized spacial score (nSPS) is 10.6. The van der Waals surface area contributed by atoms with Gasteiger partial charge in [0.25, 0.3) is 5.91 Å². The van der Waals surface area contributed by atoms with Gasteiger partial charge < -0.3 is 15.4 Å². The molecule has 0 aliphatic rings. The fraction of sp³-hybridized carbons (Fsp3) is 0.133. The van der Waals surface area contributed by atoms with Gasteiger partial charge in [0.05, 0.1) is 19.0 Å². The van der Waals surface area contributed by atoms with Crippen molar-refractivity contribution >= 4 is 45.5 Å². The molecule has 25 heavy (non-hydrogen) atoms. The first-order chi connectivity index (χ1) is 12.0. The monoisotopic (exact) mass is 381 g/mol. The summed E-state index contributed by atoms with van der Waals surface area (Å²) in [6.45, 7) is 0. The summed E-state index contributed by atoms with van der Waals surface area (Å²) in [7, 11) is 3.20. The molecule has 3 rings (SSSR count). The molecule has 2 heterocycles. The van der Waals surface area contributed by atoms with E-state index in [2.05, 4.69) is 20.7 Å². The maximum absolute atomic E-state index is 13.9. The van der Waals surface area contributed by atoms with Crippen molar-refractivity contribution in [1.29, 1.82) is 0 Å². The van der Waals surface area contributed by atoms with Gasteiger partial charge in [-0.15, -0.1) is 0 Å². The predicted molar refractivity (Wildman–Crippen MR) is 94.5 cm³/mol. The van der Waals surface area contributed by atoms with Gasteiger partial charge >= 0.3 is 0 Å². The Morgan fingerprint density at radius 3 is 2.88 bits per heavy atom. The number of aryl methyl sites for hydroxylation is 1. The molecule has 0 unspecified atom stereocenters. The van der Waals surface area contributed by atoms with Gasteiger partial charge in [0.1, 0.15) is 21.5 Å². The summed E-state index contributed by atoms with van der Waals surface area (Å²) in [6, 6.07) is 4.32. The topological polar surface area (TPSA) is 81.1 Å². The number of ether oxygens (including phenoxy) is 1. The third kappa shape index (κ3) is 3.72. The first kappa shape index (κ1) is 17.2. The van der Waals surface area contributed by atoms with Crippen LogP contribution < -0.4 is 15.4 Å². The maximum Gasteiger partial charge on any atom is 0.267 e. The molecular formula is C15H13ClFN5O2S. The molecule has 0 aliphatic heterocycles. The van der Waals surface area contributed by atoms with Crippen LogP contribution >= 0.6 is 22.9 Å². The van der Waals surface area contributed by atoms with E-state index in [0.717, 1.165) is 11.3 Å². The zero-order valence-electron chi connectivity index (χ0n) is 13.2. The van der Waals surface area contributed by atoms with Crippen molar-refractivity contribution in [2.75, 3.05) is 17.7 Å². The van der Waals surface area contributed by atoms with Crippen molar-refractivity contribution in [2.24, 2.45) is 7.05 Å². The number of hydrogen-bond donors (Lipinski definition) is 2. The van der Waals surface area contributed by atoms with Gasteiger partial charge in [0.15, 0.2) is 10.9 Å². The SMILES string of the molecule is COc1ccc(F)c(NC(=O)c2cnc(Nc3ccn(C)n3)s2)c1Cl. The first-order valence-electron chi connectivity index (χ1n) is 7.03. The lowest BCUT2D eigenvalue weighted by Crippen LogP contribution is -2.12. The van der Waals surface area contributed by atoms with E-state index in [1.807, 2.05) is 0 Å². The molecule has 0 saturated heterocycles. The Bertz CT molecular complexity index is 927. The van der Waals surface area contributed by atoms with E-state index in [4.69, 9.17) is 16.3 Å². The molecule has 130 valence electrons. The first-order valence-corrected chi connectivity index (χ1v) is 8.23. The summed E-state index contributed by atoms with van der Waals surface area (Å²) in [5, 5.41) is 10.1. The van der Waals surface area contributed by atoms with Crippen LogP contribution in [0, 0.1) is 5.82 Å². The lowest BCUT2D eigenvalue weighted by molar-refractivity contribution is 0.103. The fourth-order valence-corrected chi connectivity index (χ4v) is 3.01. The Hall–Kier alpha value is -2.65. The quantitative estimate of drug-likeness (QED) is 0.704. The number of aromatic nitrogens is 3. The second-order valence-electron chi connectivity index (χ2n) is 4.92. The zero-order valence-corrected chi connectivity index (χ0v) is 14.8. The summed E-state index contributed by atoms with van der Waals surface area (Å²) in [6.07, 6.45) is 3.16. The van der Waals surface area contributed by atoms with Crippen LogP contribution in [0.5, 0.6) is 5.75 Å². The number of benzene rings is 1. The van der Waals surface area contributed by atoms with Gasteiger partial charge in [-0.1, -0.05) is 22.9 Å². The minimum atomic E-state index is -0.657. The van der Waals surface area contributed by atoms with Gasteiger partial charge in [-0.3, -0.25) is 9.48 Å². The molecule has 3 aromatic rings. The molecule has 0 atom stereocenters. The number of methoxy groups -OCH3 is 1. The molecule has 0 fully saturated rings. The van der Waals surface area contributed by atoms with E-state index in [0.29, 0.717) is 10.9 Å². The van der Waals surface area contributed by atoms with E-state index in [-0.39, 0.29) is 21.3 Å². The highest BCUT2D eigenvalue weighted by Gasteiger charge is 2.18. The maximum atomic E-state index is 13.9. The van der Waals surface area contributed by atoms with Crippen molar-refractivity contribution < 1.29 is 13.9 Å². The van der Waals surface area contributed by atoms with Crippen LogP contribution in [-0.4, -0.2) is 27.8 Å². The Morgan fingerprint density at radius 2 is 2.20 bits per heavy atom. The highest BCUT2D eigenvalue weighted by Crippen LogP contribution is 2.34. The van der Waals surface area contributed by atoms with Crippen molar-refractivity contribution in [3.05, 3.63) is 46.3 Å². The van der Waals surface area contributed by atoms with Gasteiger partial charge in [0.2, 0.25) is 0 Å². The Kier molecular flexibility index (Phi) is 4.86. The molecular weight excluding hydrogens is 369 g/mol. The van der Waals surface area contributed by atoms with Crippen LogP contribution in [0.1, 0.15) is 9.67 Å². The standard InChI is InChI=1S/C15H13ClFN5O2S/c1-22-6-5-11(21-22)19-15-18-7-10(25-15)14(23)20-13-8(17)3-4-9(24-2)12(13)16/h3-7H,1-2H3,(H,20,23)(H,18,19,21). The highest BCUT2D eigenvalue weighted by molar-refractivity contribution is 7.17. The van der Waals surface area contributed by atoms with Crippen LogP contribution in [-0.2, 0) is 7.05 Å². The van der Waals surface area contributed by atoms with Crippen molar-refractivity contribution in [3.63, 3.8) is 0 Å². The molecule has 0 spiro atoms. The number of hydrogen-bond acceptors (Lipinski definition) is 6. The predicted octanol–water partition coefficient (Wildman–Crippen LogP) is 3.67. The molecule has 0 saturated carbocycles. The number of halogens is 2. The van der Waals surface area contributed by atoms with Crippen LogP contribution in [0.2, 0.25) is 5.02 Å². The van der Waals surface area contributed by atoms with Crippen molar-refractivity contribution in [2.45, 2.75) is 0 Å². The molecule has 2 aromatic heterocycles. The Labute approximate surface area is 151 Å². The van der Waals surface area contributed by atoms with E-state index in [1.54, 1.807) is 24.0 Å². The van der Waals surface area contributed by atoms with Gasteiger partial charge in [-0.05, 0) is 12.1 Å². The molecule has 0 aliphatic carbocycles. The number of carbonyl (C=O) groups excluding carboxylic acids is 1. The second-order valence-corrected chi connectivity index (χ2v) is 6.33. The molecule has 7 nitrogen and oxygen atoms in total. The van der Waals surface area contributed by atoms with Crippen LogP contribution in [0.15, 0.2) is 30.6 Å². The van der Waals surface area contributed by atoms with Crippen molar-refractivity contribution in [1.82, 2.24) is 14.8 Å². The fourth-order valence-electron chi connectivity index (χ4n) is 2.01. The third-order valence-electron chi connectivity index (χ3n) is 3.19. The number of amides is 1. The average Bonchev–Trinajstić information content (AvgIpc) is 3.21. The average molecular weight is 382 g/mol. The van der Waals surface area contributed by atoms with E-state index in [1.165, 1.54) is 25.4 Å². The smallest absolute Gasteiger partial charge is 0.267 e. The van der Waals surface area contributed by atoms with Crippen LogP contribution in [0.25, 0.3) is 0 Å². The summed E-state index contributed by atoms with van der Waals surface area (Å²) < 4.78 is 20.6. The minimum absolute atomic E-state index is 0.00722. The van der Waals surface area contributed by atoms with Gasteiger partial charge in [-0.25, -0.2) is 9.37 Å². The van der Waals surface area contributed by atoms with Gasteiger partial charge in [-0.2, -0.15) is 5.10 Å². The zero-order chi connectivity index (χ0) is 18.0. The molecule has 2 N–H and O–H groups in total. The number of anilines is 3. The number of thiazole rings is 1. The summed E-state index contributed by atoms with van der Waals surface area (Å²) in [4.78, 5) is 16.7.